The van der Waals surface area contributed by atoms with E-state index in [1.54, 1.807) is 0 Å². The average molecular weight is 239 g/mol. The van der Waals surface area contributed by atoms with Crippen molar-refractivity contribution >= 4 is 0 Å². The van der Waals surface area contributed by atoms with Crippen LogP contribution in [0.15, 0.2) is 0 Å². The van der Waals surface area contributed by atoms with Crippen molar-refractivity contribution < 1.29 is 9.84 Å². The first-order chi connectivity index (χ1) is 8.19. The van der Waals surface area contributed by atoms with Gasteiger partial charge >= 0.3 is 0 Å². The van der Waals surface area contributed by atoms with Crippen molar-refractivity contribution in [3.8, 4) is 0 Å². The highest BCUT2D eigenvalue weighted by Crippen LogP contribution is 2.43. The van der Waals surface area contributed by atoms with E-state index in [-0.39, 0.29) is 0 Å². The van der Waals surface area contributed by atoms with Gasteiger partial charge in [-0.15, -0.1) is 0 Å². The Morgan fingerprint density at radius 2 is 1.88 bits per heavy atom. The molecule has 0 radical (unpaired) electrons. The van der Waals surface area contributed by atoms with Gasteiger partial charge in [0.1, 0.15) is 0 Å². The van der Waals surface area contributed by atoms with Crippen LogP contribution in [0.25, 0.3) is 0 Å². The highest BCUT2D eigenvalue weighted by atomic mass is 16.5. The highest BCUT2D eigenvalue weighted by Gasteiger charge is 2.51. The van der Waals surface area contributed by atoms with E-state index >= 15 is 0 Å². The van der Waals surface area contributed by atoms with Crippen LogP contribution >= 0.6 is 0 Å². The Morgan fingerprint density at radius 1 is 1.12 bits per heavy atom. The summed E-state index contributed by atoms with van der Waals surface area (Å²) in [5, 5.41) is 10.9. The van der Waals surface area contributed by atoms with Gasteiger partial charge in [0.15, 0.2) is 0 Å². The van der Waals surface area contributed by atoms with Gasteiger partial charge in [-0.25, -0.2) is 0 Å². The van der Waals surface area contributed by atoms with Crippen molar-refractivity contribution in [2.45, 2.75) is 50.7 Å². The molecule has 2 heterocycles. The fraction of sp³-hybridized carbons (Fsp3) is 1.00. The zero-order valence-electron chi connectivity index (χ0n) is 10.9. The van der Waals surface area contributed by atoms with E-state index < -0.39 is 5.60 Å². The maximum absolute atomic E-state index is 10.9. The average Bonchev–Trinajstić information content (AvgIpc) is 2.80. The molecule has 3 aliphatic rings. The topological polar surface area (TPSA) is 32.7 Å². The van der Waals surface area contributed by atoms with Gasteiger partial charge in [0.2, 0.25) is 0 Å². The molecule has 3 nitrogen and oxygen atoms in total. The molecule has 3 fully saturated rings. The lowest BCUT2D eigenvalue weighted by Gasteiger charge is -2.50. The van der Waals surface area contributed by atoms with Gasteiger partial charge in [-0.2, -0.15) is 0 Å². The summed E-state index contributed by atoms with van der Waals surface area (Å²) in [5.74, 6) is 0.967. The largest absolute Gasteiger partial charge is 0.388 e. The molecule has 0 unspecified atom stereocenters. The first-order valence-corrected chi connectivity index (χ1v) is 7.24. The molecule has 0 aromatic rings. The number of ether oxygens (including phenoxy) is 1. The van der Waals surface area contributed by atoms with Crippen LogP contribution in [0.1, 0.15) is 39.0 Å². The molecule has 1 aliphatic carbocycles. The summed E-state index contributed by atoms with van der Waals surface area (Å²) in [5.41, 5.74) is -0.545. The summed E-state index contributed by atoms with van der Waals surface area (Å²) < 4.78 is 5.58. The summed E-state index contributed by atoms with van der Waals surface area (Å²) >= 11 is 0. The molecule has 1 saturated carbocycles. The van der Waals surface area contributed by atoms with E-state index in [2.05, 4.69) is 11.8 Å². The lowest BCUT2D eigenvalue weighted by molar-refractivity contribution is -0.113. The molecule has 0 bridgehead atoms. The number of hydrogen-bond donors (Lipinski definition) is 1. The lowest BCUT2D eigenvalue weighted by Crippen LogP contribution is -2.60. The zero-order chi connectivity index (χ0) is 11.9. The van der Waals surface area contributed by atoms with Gasteiger partial charge in [-0.05, 0) is 51.6 Å². The molecule has 0 amide bonds. The number of likely N-dealkylation sites (tertiary alicyclic amines) is 1. The summed E-state index contributed by atoms with van der Waals surface area (Å²) in [6, 6.07) is 0.366. The Kier molecular flexibility index (Phi) is 3.18. The number of fused-ring (bicyclic) bond motifs is 1. The van der Waals surface area contributed by atoms with Gasteiger partial charge in [-0.1, -0.05) is 6.42 Å². The van der Waals surface area contributed by atoms with E-state index in [4.69, 9.17) is 4.74 Å². The molecule has 0 aromatic carbocycles. The molecule has 98 valence electrons. The Hall–Kier alpha value is -0.120. The fourth-order valence-electron chi connectivity index (χ4n) is 4.22. The van der Waals surface area contributed by atoms with E-state index in [0.717, 1.165) is 19.6 Å². The number of piperidine rings is 1. The number of rotatable bonds is 1. The molecule has 2 aliphatic heterocycles. The maximum Gasteiger partial charge on any atom is 0.0827 e. The molecule has 17 heavy (non-hydrogen) atoms. The van der Waals surface area contributed by atoms with Crippen LogP contribution in [0, 0.1) is 11.8 Å². The van der Waals surface area contributed by atoms with Crippen LogP contribution in [0.5, 0.6) is 0 Å². The Morgan fingerprint density at radius 3 is 2.65 bits per heavy atom. The van der Waals surface area contributed by atoms with Gasteiger partial charge in [0.05, 0.1) is 12.2 Å². The lowest BCUT2D eigenvalue weighted by atomic mass is 9.68. The van der Waals surface area contributed by atoms with Crippen molar-refractivity contribution in [3.63, 3.8) is 0 Å². The van der Waals surface area contributed by atoms with Crippen molar-refractivity contribution in [3.05, 3.63) is 0 Å². The minimum Gasteiger partial charge on any atom is -0.388 e. The third kappa shape index (κ3) is 2.02. The maximum atomic E-state index is 10.9. The Balaban J connectivity index is 1.75. The molecule has 1 N–H and O–H groups in total. The minimum absolute atomic E-state index is 0.364. The number of nitrogens with zero attached hydrogens (tertiary/aromatic N) is 1. The molecule has 4 atom stereocenters. The SMILES string of the molecule is C[C@@]1(O)[C@@H](N2CCCCC2)CC[C@H]2COC[C@@H]21. The smallest absolute Gasteiger partial charge is 0.0827 e. The van der Waals surface area contributed by atoms with Crippen LogP contribution in [0.3, 0.4) is 0 Å². The Bertz CT molecular complexity index is 273. The van der Waals surface area contributed by atoms with E-state index in [1.807, 2.05) is 0 Å². The first-order valence-electron chi connectivity index (χ1n) is 7.24. The van der Waals surface area contributed by atoms with Crippen LogP contribution in [0.4, 0.5) is 0 Å². The van der Waals surface area contributed by atoms with E-state index in [1.165, 1.54) is 38.8 Å². The van der Waals surface area contributed by atoms with Crippen molar-refractivity contribution in [1.82, 2.24) is 4.90 Å². The predicted molar refractivity (Wildman–Crippen MR) is 66.9 cm³/mol. The second-order valence-electron chi connectivity index (χ2n) is 6.32. The van der Waals surface area contributed by atoms with Crippen LogP contribution in [0.2, 0.25) is 0 Å². The summed E-state index contributed by atoms with van der Waals surface area (Å²) in [7, 11) is 0. The van der Waals surface area contributed by atoms with Gasteiger partial charge in [-0.3, -0.25) is 4.90 Å². The standard InChI is InChI=1S/C14H25NO2/c1-14(16)12-10-17-9-11(12)5-6-13(14)15-7-3-2-4-8-15/h11-13,16H,2-10H2,1H3/t11-,12-,13-,14-/m0/s1. The summed E-state index contributed by atoms with van der Waals surface area (Å²) in [4.78, 5) is 2.54. The van der Waals surface area contributed by atoms with Crippen molar-refractivity contribution in [2.24, 2.45) is 11.8 Å². The van der Waals surface area contributed by atoms with E-state index in [0.29, 0.717) is 17.9 Å². The molecular weight excluding hydrogens is 214 g/mol. The molecule has 3 rings (SSSR count). The summed E-state index contributed by atoms with van der Waals surface area (Å²) in [6.45, 7) is 6.05. The third-order valence-electron chi connectivity index (χ3n) is 5.27. The summed E-state index contributed by atoms with van der Waals surface area (Å²) in [6.07, 6.45) is 6.36. The Labute approximate surface area is 104 Å². The van der Waals surface area contributed by atoms with Crippen LogP contribution in [-0.4, -0.2) is 48.0 Å². The third-order valence-corrected chi connectivity index (χ3v) is 5.27. The molecule has 2 saturated heterocycles. The predicted octanol–water partition coefficient (Wildman–Crippen LogP) is 1.65. The second kappa shape index (κ2) is 4.52. The highest BCUT2D eigenvalue weighted by molar-refractivity contribution is 5.03. The van der Waals surface area contributed by atoms with Gasteiger partial charge < -0.3 is 9.84 Å². The van der Waals surface area contributed by atoms with Crippen molar-refractivity contribution in [2.75, 3.05) is 26.3 Å². The van der Waals surface area contributed by atoms with Gasteiger partial charge in [0, 0.05) is 18.6 Å². The normalized spacial score (nSPS) is 48.0. The quantitative estimate of drug-likeness (QED) is 0.755. The van der Waals surface area contributed by atoms with Crippen LogP contribution in [-0.2, 0) is 4.74 Å². The molecule has 0 aromatic heterocycles. The van der Waals surface area contributed by atoms with Crippen LogP contribution < -0.4 is 0 Å². The molecule has 3 heteroatoms. The fourth-order valence-corrected chi connectivity index (χ4v) is 4.22. The monoisotopic (exact) mass is 239 g/mol. The zero-order valence-corrected chi connectivity index (χ0v) is 10.9. The van der Waals surface area contributed by atoms with Crippen molar-refractivity contribution in [1.29, 1.82) is 0 Å². The minimum atomic E-state index is -0.545. The second-order valence-corrected chi connectivity index (χ2v) is 6.32. The molecular formula is C14H25NO2. The first kappa shape index (κ1) is 11.9. The number of aliphatic hydroxyl groups is 1. The molecule has 0 spiro atoms. The van der Waals surface area contributed by atoms with Gasteiger partial charge in [0.25, 0.3) is 0 Å². The van der Waals surface area contributed by atoms with E-state index in [9.17, 15) is 5.11 Å². The number of hydrogen-bond acceptors (Lipinski definition) is 3.